The Hall–Kier alpha value is -1.55. The SMILES string of the molecule is O=C(CN(C(=O)c1ccccc1Cl)N1C(=O)[C@@H]2[C@H]3C[C@@H]([C@@H](Br)[C@H]3Br)[C@H]2C1=O)c1ccc(Br)cc1. The van der Waals surface area contributed by atoms with Crippen LogP contribution in [-0.4, -0.2) is 49.7 Å². The van der Waals surface area contributed by atoms with Crippen LogP contribution in [0.25, 0.3) is 0 Å². The van der Waals surface area contributed by atoms with Crippen molar-refractivity contribution in [1.29, 1.82) is 0 Å². The number of benzene rings is 2. The molecule has 0 radical (unpaired) electrons. The van der Waals surface area contributed by atoms with E-state index in [9.17, 15) is 19.2 Å². The number of carbonyl (C=O) groups is 4. The third-order valence-electron chi connectivity index (χ3n) is 7.00. The Morgan fingerprint density at radius 1 is 0.941 bits per heavy atom. The molecule has 1 saturated heterocycles. The summed E-state index contributed by atoms with van der Waals surface area (Å²) in [5.74, 6) is -2.99. The molecule has 34 heavy (non-hydrogen) atoms. The number of nitrogens with zero attached hydrogens (tertiary/aromatic N) is 2. The molecule has 5 rings (SSSR count). The number of hydrogen-bond donors (Lipinski definition) is 0. The first-order valence-corrected chi connectivity index (χ1v) is 13.7. The van der Waals surface area contributed by atoms with Gasteiger partial charge in [-0.2, -0.15) is 5.01 Å². The molecule has 2 aromatic carbocycles. The highest BCUT2D eigenvalue weighted by atomic mass is 79.9. The van der Waals surface area contributed by atoms with Crippen LogP contribution < -0.4 is 0 Å². The molecule has 2 aliphatic carbocycles. The van der Waals surface area contributed by atoms with Gasteiger partial charge in [0.25, 0.3) is 17.7 Å². The zero-order valence-electron chi connectivity index (χ0n) is 17.5. The summed E-state index contributed by atoms with van der Waals surface area (Å²) in [6.07, 6.45) is 0.767. The van der Waals surface area contributed by atoms with E-state index in [1.807, 2.05) is 0 Å². The third kappa shape index (κ3) is 3.79. The third-order valence-corrected chi connectivity index (χ3v) is 11.1. The van der Waals surface area contributed by atoms with Crippen LogP contribution >= 0.6 is 59.4 Å². The number of Topliss-reactive ketones (excluding diaryl/α,β-unsaturated/α-hetero) is 1. The predicted molar refractivity (Wildman–Crippen MR) is 137 cm³/mol. The van der Waals surface area contributed by atoms with Crippen molar-refractivity contribution in [2.75, 3.05) is 6.54 Å². The van der Waals surface area contributed by atoms with Crippen LogP contribution in [0.2, 0.25) is 5.02 Å². The van der Waals surface area contributed by atoms with Gasteiger partial charge in [0.05, 0.1) is 22.4 Å². The monoisotopic (exact) mass is 670 g/mol. The number of hydrogen-bond acceptors (Lipinski definition) is 4. The topological polar surface area (TPSA) is 74.8 Å². The fourth-order valence-corrected chi connectivity index (χ4v) is 7.80. The van der Waals surface area contributed by atoms with Gasteiger partial charge >= 0.3 is 0 Å². The largest absolute Gasteiger partial charge is 0.292 e. The van der Waals surface area contributed by atoms with Gasteiger partial charge in [0, 0.05) is 19.7 Å². The van der Waals surface area contributed by atoms with E-state index in [2.05, 4.69) is 47.8 Å². The van der Waals surface area contributed by atoms with Crippen LogP contribution in [0.5, 0.6) is 0 Å². The Morgan fingerprint density at radius 2 is 1.50 bits per heavy atom. The molecule has 3 aliphatic rings. The fourth-order valence-electron chi connectivity index (χ4n) is 5.44. The first kappa shape index (κ1) is 24.2. The second-order valence-corrected chi connectivity index (χ2v) is 12.2. The smallest absolute Gasteiger partial charge is 0.274 e. The highest BCUT2D eigenvalue weighted by molar-refractivity contribution is 9.12. The van der Waals surface area contributed by atoms with Crippen LogP contribution in [0.3, 0.4) is 0 Å². The van der Waals surface area contributed by atoms with Gasteiger partial charge in [-0.1, -0.05) is 83.7 Å². The summed E-state index contributed by atoms with van der Waals surface area (Å²) in [5.41, 5.74) is 0.478. The lowest BCUT2D eigenvalue weighted by Crippen LogP contribution is -2.52. The number of rotatable bonds is 5. The van der Waals surface area contributed by atoms with E-state index in [0.717, 1.165) is 20.9 Å². The lowest BCUT2D eigenvalue weighted by Gasteiger charge is -2.31. The molecule has 0 spiro atoms. The number of alkyl halides is 2. The molecular formula is C24H18Br3ClN2O4. The van der Waals surface area contributed by atoms with Gasteiger partial charge in [0.1, 0.15) is 6.54 Å². The molecule has 0 aromatic heterocycles. The van der Waals surface area contributed by atoms with Crippen LogP contribution in [0.1, 0.15) is 27.1 Å². The van der Waals surface area contributed by atoms with Crippen LogP contribution in [0.15, 0.2) is 53.0 Å². The summed E-state index contributed by atoms with van der Waals surface area (Å²) in [4.78, 5) is 54.1. The number of imide groups is 1. The summed E-state index contributed by atoms with van der Waals surface area (Å²) in [5, 5.41) is 2.05. The minimum atomic E-state index is -0.670. The second kappa shape index (κ2) is 9.15. The normalized spacial score (nSPS) is 29.5. The number of carbonyl (C=O) groups excluding carboxylic acids is 4. The number of fused-ring (bicyclic) bond motifs is 5. The van der Waals surface area contributed by atoms with E-state index in [-0.39, 0.29) is 32.1 Å². The maximum Gasteiger partial charge on any atom is 0.274 e. The van der Waals surface area contributed by atoms with Crippen molar-refractivity contribution in [2.24, 2.45) is 23.7 Å². The molecule has 3 amide bonds. The molecule has 2 aromatic rings. The number of amides is 3. The second-order valence-electron chi connectivity index (χ2n) is 8.76. The molecule has 0 N–H and O–H groups in total. The molecular weight excluding hydrogens is 655 g/mol. The van der Waals surface area contributed by atoms with Gasteiger partial charge in [0.2, 0.25) is 0 Å². The van der Waals surface area contributed by atoms with Crippen molar-refractivity contribution < 1.29 is 19.2 Å². The number of hydrazine groups is 1. The fraction of sp³-hybridized carbons (Fsp3) is 0.333. The van der Waals surface area contributed by atoms with Gasteiger partial charge in [0.15, 0.2) is 5.78 Å². The minimum Gasteiger partial charge on any atom is -0.292 e. The van der Waals surface area contributed by atoms with Gasteiger partial charge in [-0.05, 0) is 42.5 Å². The van der Waals surface area contributed by atoms with Crippen molar-refractivity contribution in [3.05, 3.63) is 69.2 Å². The zero-order chi connectivity index (χ0) is 24.3. The predicted octanol–water partition coefficient (Wildman–Crippen LogP) is 5.12. The molecule has 6 nitrogen and oxygen atoms in total. The van der Waals surface area contributed by atoms with Gasteiger partial charge < -0.3 is 0 Å². The summed E-state index contributed by atoms with van der Waals surface area (Å²) in [6.45, 7) is -0.465. The van der Waals surface area contributed by atoms with E-state index in [4.69, 9.17) is 11.6 Å². The Morgan fingerprint density at radius 3 is 2.06 bits per heavy atom. The Labute approximate surface area is 226 Å². The van der Waals surface area contributed by atoms with Crippen molar-refractivity contribution in [1.82, 2.24) is 10.0 Å². The highest BCUT2D eigenvalue weighted by Gasteiger charge is 2.67. The summed E-state index contributed by atoms with van der Waals surface area (Å²) in [7, 11) is 0. The van der Waals surface area contributed by atoms with Crippen LogP contribution in [0, 0.1) is 23.7 Å². The summed E-state index contributed by atoms with van der Waals surface area (Å²) < 4.78 is 0.801. The van der Waals surface area contributed by atoms with Crippen molar-refractivity contribution in [2.45, 2.75) is 16.1 Å². The molecule has 10 heteroatoms. The average molecular weight is 674 g/mol. The first-order valence-electron chi connectivity index (χ1n) is 10.7. The van der Waals surface area contributed by atoms with E-state index in [1.54, 1.807) is 42.5 Å². The van der Waals surface area contributed by atoms with Gasteiger partial charge in [-0.25, -0.2) is 5.01 Å². The van der Waals surface area contributed by atoms with Gasteiger partial charge in [-0.15, -0.1) is 0 Å². The van der Waals surface area contributed by atoms with Crippen molar-refractivity contribution in [3.63, 3.8) is 0 Å². The molecule has 2 saturated carbocycles. The lowest BCUT2D eigenvalue weighted by molar-refractivity contribution is -0.154. The van der Waals surface area contributed by atoms with E-state index < -0.39 is 41.9 Å². The molecule has 176 valence electrons. The van der Waals surface area contributed by atoms with E-state index in [1.165, 1.54) is 6.07 Å². The number of halogens is 4. The zero-order valence-corrected chi connectivity index (χ0v) is 23.1. The molecule has 3 fully saturated rings. The Balaban J connectivity index is 1.52. The Bertz CT molecular complexity index is 1170. The summed E-state index contributed by atoms with van der Waals surface area (Å²) in [6, 6.07) is 13.1. The van der Waals surface area contributed by atoms with E-state index in [0.29, 0.717) is 5.56 Å². The van der Waals surface area contributed by atoms with Crippen molar-refractivity contribution in [3.8, 4) is 0 Å². The standard InChI is InChI=1S/C24H18Br3ClN2O4/c25-12-7-5-11(6-8-12)17(31)10-29(22(32)13-3-1-2-4-16(13)28)30-23(33)18-14-9-15(19(18)24(30)34)21(27)20(14)26/h1-8,14-15,18-21H,9-10H2/t14-,15-,18-,19-,20-,21+/m1/s1. The molecule has 1 aliphatic heterocycles. The maximum absolute atomic E-state index is 13.6. The molecule has 6 atom stereocenters. The molecule has 1 heterocycles. The minimum absolute atomic E-state index is 0.0136. The van der Waals surface area contributed by atoms with Gasteiger partial charge in [-0.3, -0.25) is 19.2 Å². The van der Waals surface area contributed by atoms with Crippen LogP contribution in [0.4, 0.5) is 0 Å². The summed E-state index contributed by atoms with van der Waals surface area (Å²) >= 11 is 16.9. The maximum atomic E-state index is 13.6. The van der Waals surface area contributed by atoms with Crippen molar-refractivity contribution >= 4 is 82.9 Å². The highest BCUT2D eigenvalue weighted by Crippen LogP contribution is 2.60. The first-order chi connectivity index (χ1) is 16.2. The quantitative estimate of drug-likeness (QED) is 0.251. The Kier molecular flexibility index (Phi) is 6.50. The number of ketones is 1. The molecule has 0 unspecified atom stereocenters. The molecule has 2 bridgehead atoms. The lowest BCUT2D eigenvalue weighted by atomic mass is 9.81. The van der Waals surface area contributed by atoms with Crippen LogP contribution in [-0.2, 0) is 9.59 Å². The average Bonchev–Trinajstić information content (AvgIpc) is 3.43. The van der Waals surface area contributed by atoms with E-state index >= 15 is 0 Å².